The van der Waals surface area contributed by atoms with Crippen LogP contribution < -0.4 is 0 Å². The predicted octanol–water partition coefficient (Wildman–Crippen LogP) is 1.24. The number of isocyanates is 1. The Morgan fingerprint density at radius 3 is 2.86 bits per heavy atom. The number of rotatable bonds is 3. The summed E-state index contributed by atoms with van der Waals surface area (Å²) in [7, 11) is 0. The minimum Gasteiger partial charge on any atom is -0.259 e. The molecule has 0 aliphatic heterocycles. The van der Waals surface area contributed by atoms with Gasteiger partial charge in [0.05, 0.1) is 13.1 Å². The van der Waals surface area contributed by atoms with Crippen LogP contribution in [-0.4, -0.2) is 22.4 Å². The summed E-state index contributed by atoms with van der Waals surface area (Å²) in [4.78, 5) is 12.8. The molecule has 1 rings (SSSR count). The Morgan fingerprint density at radius 1 is 1.57 bits per heavy atom. The second-order valence-corrected chi connectivity index (χ2v) is 2.41. The van der Waals surface area contributed by atoms with Crippen molar-refractivity contribution in [2.24, 2.45) is 4.99 Å². The lowest BCUT2D eigenvalue weighted by Crippen LogP contribution is -2.15. The van der Waals surface area contributed by atoms with E-state index in [-0.39, 0.29) is 13.1 Å². The highest BCUT2D eigenvalue weighted by Gasteiger charge is 2.34. The van der Waals surface area contributed by atoms with E-state index in [0.717, 1.165) is 16.9 Å². The zero-order valence-electron chi connectivity index (χ0n) is 6.95. The number of hydrogen-bond acceptors (Lipinski definition) is 3. The van der Waals surface area contributed by atoms with E-state index in [4.69, 9.17) is 0 Å². The van der Waals surface area contributed by atoms with Crippen molar-refractivity contribution in [2.75, 3.05) is 6.54 Å². The van der Waals surface area contributed by atoms with E-state index in [9.17, 15) is 18.0 Å². The Kier molecular flexibility index (Phi) is 3.03. The van der Waals surface area contributed by atoms with Crippen LogP contribution in [0.4, 0.5) is 13.2 Å². The number of halogens is 3. The van der Waals surface area contributed by atoms with Crippen LogP contribution in [-0.2, 0) is 17.5 Å². The smallest absolute Gasteiger partial charge is 0.259 e. The summed E-state index contributed by atoms with van der Waals surface area (Å²) in [5, 5.41) is 3.46. The van der Waals surface area contributed by atoms with Crippen molar-refractivity contribution in [2.45, 2.75) is 12.7 Å². The molecule has 76 valence electrons. The Hall–Kier alpha value is -1.62. The molecule has 0 saturated carbocycles. The predicted molar refractivity (Wildman–Crippen MR) is 40.2 cm³/mol. The van der Waals surface area contributed by atoms with Gasteiger partial charge in [0.15, 0.2) is 0 Å². The molecule has 7 heteroatoms. The number of nitrogens with zero attached hydrogens (tertiary/aromatic N) is 3. The molecule has 0 fully saturated rings. The van der Waals surface area contributed by atoms with Crippen LogP contribution in [0.5, 0.6) is 0 Å². The van der Waals surface area contributed by atoms with Crippen LogP contribution in [0.25, 0.3) is 0 Å². The third-order valence-corrected chi connectivity index (χ3v) is 1.50. The average Bonchev–Trinajstić information content (AvgIpc) is 2.52. The van der Waals surface area contributed by atoms with E-state index in [2.05, 4.69) is 10.1 Å². The van der Waals surface area contributed by atoms with Gasteiger partial charge in [-0.1, -0.05) is 0 Å². The molecule has 0 spiro atoms. The Balaban J connectivity index is 2.77. The van der Waals surface area contributed by atoms with Crippen molar-refractivity contribution >= 4 is 6.08 Å². The molecule has 1 aromatic heterocycles. The highest BCUT2D eigenvalue weighted by molar-refractivity contribution is 5.32. The largest absolute Gasteiger partial charge is 0.433 e. The monoisotopic (exact) mass is 205 g/mol. The van der Waals surface area contributed by atoms with Gasteiger partial charge in [0.25, 0.3) is 0 Å². The van der Waals surface area contributed by atoms with E-state index >= 15 is 0 Å². The molecule has 0 unspecified atom stereocenters. The third kappa shape index (κ3) is 2.43. The van der Waals surface area contributed by atoms with Crippen molar-refractivity contribution in [1.29, 1.82) is 0 Å². The first kappa shape index (κ1) is 10.5. The Labute approximate surface area is 77.1 Å². The van der Waals surface area contributed by atoms with Gasteiger partial charge in [0, 0.05) is 6.20 Å². The molecular weight excluding hydrogens is 199 g/mol. The van der Waals surface area contributed by atoms with Crippen molar-refractivity contribution in [1.82, 2.24) is 9.78 Å². The molecule has 0 aliphatic rings. The molecular formula is C7H6F3N3O. The minimum atomic E-state index is -4.43. The molecule has 0 saturated heterocycles. The highest BCUT2D eigenvalue weighted by atomic mass is 19.4. The first-order valence-corrected chi connectivity index (χ1v) is 3.68. The molecule has 0 bridgehead atoms. The van der Waals surface area contributed by atoms with Gasteiger partial charge in [0.2, 0.25) is 6.08 Å². The summed E-state index contributed by atoms with van der Waals surface area (Å²) < 4.78 is 37.4. The van der Waals surface area contributed by atoms with E-state index in [1.54, 1.807) is 0 Å². The number of hydrogen-bond donors (Lipinski definition) is 0. The molecule has 4 nitrogen and oxygen atoms in total. The number of aliphatic imine (C=N–C) groups is 1. The van der Waals surface area contributed by atoms with Crippen molar-refractivity contribution in [3.05, 3.63) is 18.0 Å². The average molecular weight is 205 g/mol. The van der Waals surface area contributed by atoms with Crippen molar-refractivity contribution in [3.8, 4) is 0 Å². The maximum Gasteiger partial charge on any atom is 0.433 e. The number of carbonyl (C=O) groups excluding carboxylic acids is 1. The first-order chi connectivity index (χ1) is 6.55. The number of alkyl halides is 3. The van der Waals surface area contributed by atoms with Gasteiger partial charge in [-0.2, -0.15) is 18.3 Å². The van der Waals surface area contributed by atoms with Gasteiger partial charge in [0.1, 0.15) is 5.69 Å². The summed E-state index contributed by atoms with van der Waals surface area (Å²) in [5.74, 6) is 0. The lowest BCUT2D eigenvalue weighted by atomic mass is 10.4. The van der Waals surface area contributed by atoms with Gasteiger partial charge in [-0.25, -0.2) is 9.79 Å². The minimum absolute atomic E-state index is 0.0613. The molecule has 0 radical (unpaired) electrons. The van der Waals surface area contributed by atoms with Gasteiger partial charge in [-0.05, 0) is 6.07 Å². The SMILES string of the molecule is O=C=NCCn1nccc1C(F)(F)F. The van der Waals surface area contributed by atoms with Gasteiger partial charge in [-0.15, -0.1) is 0 Å². The normalized spacial score (nSPS) is 11.1. The summed E-state index contributed by atoms with van der Waals surface area (Å²) in [6.45, 7) is -0.147. The zero-order chi connectivity index (χ0) is 10.6. The molecule has 0 aromatic carbocycles. The Morgan fingerprint density at radius 2 is 2.29 bits per heavy atom. The summed E-state index contributed by atoms with van der Waals surface area (Å²) in [6, 6.07) is 0.866. The molecule has 0 N–H and O–H groups in total. The van der Waals surface area contributed by atoms with E-state index < -0.39 is 11.9 Å². The van der Waals surface area contributed by atoms with Crippen LogP contribution in [0.1, 0.15) is 5.69 Å². The fourth-order valence-corrected chi connectivity index (χ4v) is 0.942. The fraction of sp³-hybridized carbons (Fsp3) is 0.429. The lowest BCUT2D eigenvalue weighted by Gasteiger charge is -2.08. The fourth-order valence-electron chi connectivity index (χ4n) is 0.942. The van der Waals surface area contributed by atoms with E-state index in [1.807, 2.05) is 0 Å². The molecule has 0 aliphatic carbocycles. The summed E-state index contributed by atoms with van der Waals surface area (Å²) in [5.41, 5.74) is -0.849. The first-order valence-electron chi connectivity index (χ1n) is 3.68. The summed E-state index contributed by atoms with van der Waals surface area (Å²) in [6.07, 6.45) is -2.14. The zero-order valence-corrected chi connectivity index (χ0v) is 6.95. The maximum atomic E-state index is 12.2. The molecule has 0 amide bonds. The molecule has 0 atom stereocenters. The maximum absolute atomic E-state index is 12.2. The number of aromatic nitrogens is 2. The standard InChI is InChI=1S/C7H6F3N3O/c8-7(9,10)6-1-2-12-13(6)4-3-11-5-14/h1-2H,3-4H2. The summed E-state index contributed by atoms with van der Waals surface area (Å²) >= 11 is 0. The second-order valence-electron chi connectivity index (χ2n) is 2.41. The van der Waals surface area contributed by atoms with Crippen LogP contribution >= 0.6 is 0 Å². The lowest BCUT2D eigenvalue weighted by molar-refractivity contribution is -0.144. The van der Waals surface area contributed by atoms with Crippen molar-refractivity contribution < 1.29 is 18.0 Å². The molecule has 1 aromatic rings. The van der Waals surface area contributed by atoms with Crippen LogP contribution in [0.2, 0.25) is 0 Å². The highest BCUT2D eigenvalue weighted by Crippen LogP contribution is 2.28. The molecule has 1 heterocycles. The quantitative estimate of drug-likeness (QED) is 0.550. The van der Waals surface area contributed by atoms with Gasteiger partial charge < -0.3 is 0 Å². The van der Waals surface area contributed by atoms with Gasteiger partial charge >= 0.3 is 6.18 Å². The van der Waals surface area contributed by atoms with Crippen LogP contribution in [0.3, 0.4) is 0 Å². The van der Waals surface area contributed by atoms with Crippen LogP contribution in [0, 0.1) is 0 Å². The van der Waals surface area contributed by atoms with E-state index in [1.165, 1.54) is 6.08 Å². The van der Waals surface area contributed by atoms with Crippen LogP contribution in [0.15, 0.2) is 17.3 Å². The van der Waals surface area contributed by atoms with E-state index in [0.29, 0.717) is 0 Å². The second kappa shape index (κ2) is 4.06. The van der Waals surface area contributed by atoms with Gasteiger partial charge in [-0.3, -0.25) is 4.68 Å². The topological polar surface area (TPSA) is 47.2 Å². The Bertz CT molecular complexity index is 351. The van der Waals surface area contributed by atoms with Crippen molar-refractivity contribution in [3.63, 3.8) is 0 Å². The molecule has 14 heavy (non-hydrogen) atoms. The third-order valence-electron chi connectivity index (χ3n) is 1.50.